The number of nitro groups is 1. The fourth-order valence-electron chi connectivity index (χ4n) is 2.09. The molecular formula is C15H14ClFN2O2. The minimum absolute atomic E-state index is 0.0613. The van der Waals surface area contributed by atoms with E-state index in [9.17, 15) is 14.5 Å². The molecule has 0 bridgehead atoms. The molecule has 0 aliphatic carbocycles. The monoisotopic (exact) mass is 308 g/mol. The van der Waals surface area contributed by atoms with Crippen molar-refractivity contribution < 1.29 is 9.31 Å². The van der Waals surface area contributed by atoms with Crippen molar-refractivity contribution in [2.75, 3.05) is 5.32 Å². The standard InChI is InChI=1S/C15H14ClFN2O2/c1-2-14(10-4-3-5-11(16)8-10)18-12-6-7-13(17)15(9-12)19(20)21/h3-9,14,18H,2H2,1H3. The van der Waals surface area contributed by atoms with Gasteiger partial charge in [0.1, 0.15) is 0 Å². The molecule has 0 spiro atoms. The molecule has 110 valence electrons. The number of benzene rings is 2. The quantitative estimate of drug-likeness (QED) is 0.628. The topological polar surface area (TPSA) is 55.2 Å². The lowest BCUT2D eigenvalue weighted by molar-refractivity contribution is -0.387. The van der Waals surface area contributed by atoms with Crippen molar-refractivity contribution in [3.05, 3.63) is 69.0 Å². The zero-order valence-corrected chi connectivity index (χ0v) is 12.1. The molecule has 0 radical (unpaired) electrons. The molecule has 0 aliphatic heterocycles. The maximum absolute atomic E-state index is 13.3. The highest BCUT2D eigenvalue weighted by Crippen LogP contribution is 2.27. The van der Waals surface area contributed by atoms with Crippen LogP contribution in [0.25, 0.3) is 0 Å². The van der Waals surface area contributed by atoms with Crippen LogP contribution < -0.4 is 5.32 Å². The first kappa shape index (κ1) is 15.3. The zero-order valence-electron chi connectivity index (χ0n) is 11.3. The van der Waals surface area contributed by atoms with E-state index in [-0.39, 0.29) is 6.04 Å². The van der Waals surface area contributed by atoms with Crippen molar-refractivity contribution >= 4 is 23.0 Å². The van der Waals surface area contributed by atoms with Crippen molar-refractivity contribution in [3.8, 4) is 0 Å². The van der Waals surface area contributed by atoms with Gasteiger partial charge in [0.2, 0.25) is 5.82 Å². The van der Waals surface area contributed by atoms with Crippen molar-refractivity contribution in [1.29, 1.82) is 0 Å². The number of hydrogen-bond acceptors (Lipinski definition) is 3. The van der Waals surface area contributed by atoms with Crippen LogP contribution in [0.5, 0.6) is 0 Å². The molecular weight excluding hydrogens is 295 g/mol. The van der Waals surface area contributed by atoms with Gasteiger partial charge in [-0.1, -0.05) is 30.7 Å². The van der Waals surface area contributed by atoms with Gasteiger partial charge in [-0.05, 0) is 36.2 Å². The normalized spacial score (nSPS) is 12.0. The van der Waals surface area contributed by atoms with Gasteiger partial charge in [0, 0.05) is 16.8 Å². The Kier molecular flexibility index (Phi) is 4.75. The number of nitrogens with zero attached hydrogens (tertiary/aromatic N) is 1. The molecule has 2 aromatic rings. The number of nitrogens with one attached hydrogen (secondary N) is 1. The summed E-state index contributed by atoms with van der Waals surface area (Å²) in [5.41, 5.74) is 0.924. The summed E-state index contributed by atoms with van der Waals surface area (Å²) in [5, 5.41) is 14.6. The Morgan fingerprint density at radius 3 is 2.71 bits per heavy atom. The summed E-state index contributed by atoms with van der Waals surface area (Å²) in [6.07, 6.45) is 0.755. The van der Waals surface area contributed by atoms with Crippen molar-refractivity contribution in [2.45, 2.75) is 19.4 Å². The van der Waals surface area contributed by atoms with Gasteiger partial charge in [0.25, 0.3) is 0 Å². The molecule has 0 heterocycles. The van der Waals surface area contributed by atoms with Crippen LogP contribution in [0.3, 0.4) is 0 Å². The highest BCUT2D eigenvalue weighted by atomic mass is 35.5. The first-order valence-electron chi connectivity index (χ1n) is 6.47. The lowest BCUT2D eigenvalue weighted by Crippen LogP contribution is -2.10. The van der Waals surface area contributed by atoms with E-state index in [1.165, 1.54) is 12.1 Å². The van der Waals surface area contributed by atoms with Gasteiger partial charge in [-0.15, -0.1) is 0 Å². The van der Waals surface area contributed by atoms with Crippen molar-refractivity contribution in [2.24, 2.45) is 0 Å². The molecule has 0 aromatic heterocycles. The molecule has 2 rings (SSSR count). The highest BCUT2D eigenvalue weighted by Gasteiger charge is 2.16. The van der Waals surface area contributed by atoms with E-state index in [2.05, 4.69) is 5.32 Å². The van der Waals surface area contributed by atoms with Gasteiger partial charge < -0.3 is 5.32 Å². The van der Waals surface area contributed by atoms with Gasteiger partial charge in [-0.2, -0.15) is 4.39 Å². The molecule has 0 saturated carbocycles. The zero-order chi connectivity index (χ0) is 15.4. The molecule has 0 amide bonds. The minimum Gasteiger partial charge on any atom is -0.378 e. The predicted octanol–water partition coefficient (Wildman–Crippen LogP) is 4.95. The van der Waals surface area contributed by atoms with Gasteiger partial charge in [-0.3, -0.25) is 10.1 Å². The summed E-state index contributed by atoms with van der Waals surface area (Å²) in [7, 11) is 0. The Balaban J connectivity index is 2.27. The lowest BCUT2D eigenvalue weighted by atomic mass is 10.0. The molecule has 6 heteroatoms. The lowest BCUT2D eigenvalue weighted by Gasteiger charge is -2.19. The van der Waals surface area contributed by atoms with Crippen LogP contribution in [0.15, 0.2) is 42.5 Å². The van der Waals surface area contributed by atoms with E-state index in [0.717, 1.165) is 18.1 Å². The predicted molar refractivity (Wildman–Crippen MR) is 81.2 cm³/mol. The highest BCUT2D eigenvalue weighted by molar-refractivity contribution is 6.30. The van der Waals surface area contributed by atoms with Crippen LogP contribution in [-0.4, -0.2) is 4.92 Å². The molecule has 1 unspecified atom stereocenters. The Labute approximate surface area is 126 Å². The summed E-state index contributed by atoms with van der Waals surface area (Å²) in [4.78, 5) is 10.0. The average Bonchev–Trinajstić information content (AvgIpc) is 2.46. The van der Waals surface area contributed by atoms with Crippen molar-refractivity contribution in [1.82, 2.24) is 0 Å². The Bertz CT molecular complexity index is 664. The number of nitro benzene ring substituents is 1. The van der Waals surface area contributed by atoms with Crippen LogP contribution in [-0.2, 0) is 0 Å². The molecule has 1 N–H and O–H groups in total. The van der Waals surface area contributed by atoms with E-state index >= 15 is 0 Å². The third kappa shape index (κ3) is 3.70. The summed E-state index contributed by atoms with van der Waals surface area (Å²) < 4.78 is 13.3. The first-order valence-corrected chi connectivity index (χ1v) is 6.85. The fraction of sp³-hybridized carbons (Fsp3) is 0.200. The molecule has 4 nitrogen and oxygen atoms in total. The second-order valence-electron chi connectivity index (χ2n) is 4.58. The largest absolute Gasteiger partial charge is 0.378 e. The number of rotatable bonds is 5. The third-order valence-corrected chi connectivity index (χ3v) is 3.38. The second kappa shape index (κ2) is 6.54. The van der Waals surface area contributed by atoms with Crippen LogP contribution in [0, 0.1) is 15.9 Å². The summed E-state index contributed by atoms with van der Waals surface area (Å²) >= 11 is 5.97. The molecule has 1 atom stereocenters. The van der Waals surface area contributed by atoms with E-state index in [1.807, 2.05) is 25.1 Å². The third-order valence-electron chi connectivity index (χ3n) is 3.14. The van der Waals surface area contributed by atoms with Crippen molar-refractivity contribution in [3.63, 3.8) is 0 Å². The first-order chi connectivity index (χ1) is 10.0. The fourth-order valence-corrected chi connectivity index (χ4v) is 2.29. The van der Waals surface area contributed by atoms with Gasteiger partial charge in [0.05, 0.1) is 11.0 Å². The summed E-state index contributed by atoms with van der Waals surface area (Å²) in [6.45, 7) is 1.98. The van der Waals surface area contributed by atoms with Crippen LogP contribution in [0.2, 0.25) is 5.02 Å². The Morgan fingerprint density at radius 2 is 2.10 bits per heavy atom. The number of hydrogen-bond donors (Lipinski definition) is 1. The maximum Gasteiger partial charge on any atom is 0.306 e. The van der Waals surface area contributed by atoms with E-state index in [4.69, 9.17) is 11.6 Å². The number of anilines is 1. The Hall–Kier alpha value is -2.14. The van der Waals surface area contributed by atoms with Gasteiger partial charge in [0.15, 0.2) is 0 Å². The van der Waals surface area contributed by atoms with E-state index in [0.29, 0.717) is 10.7 Å². The summed E-state index contributed by atoms with van der Waals surface area (Å²) in [5.74, 6) is -0.846. The van der Waals surface area contributed by atoms with Crippen LogP contribution in [0.4, 0.5) is 15.8 Å². The molecule has 0 fully saturated rings. The van der Waals surface area contributed by atoms with Gasteiger partial charge >= 0.3 is 5.69 Å². The minimum atomic E-state index is -0.846. The molecule has 2 aromatic carbocycles. The van der Waals surface area contributed by atoms with E-state index < -0.39 is 16.4 Å². The van der Waals surface area contributed by atoms with Crippen LogP contribution >= 0.6 is 11.6 Å². The average molecular weight is 309 g/mol. The maximum atomic E-state index is 13.3. The summed E-state index contributed by atoms with van der Waals surface area (Å²) in [6, 6.07) is 11.1. The molecule has 21 heavy (non-hydrogen) atoms. The van der Waals surface area contributed by atoms with E-state index in [1.54, 1.807) is 6.07 Å². The molecule has 0 saturated heterocycles. The SMILES string of the molecule is CCC(Nc1ccc(F)c([N+](=O)[O-])c1)c1cccc(Cl)c1. The van der Waals surface area contributed by atoms with Crippen LogP contribution in [0.1, 0.15) is 24.9 Å². The van der Waals surface area contributed by atoms with Gasteiger partial charge in [-0.25, -0.2) is 0 Å². The Morgan fingerprint density at radius 1 is 1.33 bits per heavy atom. The smallest absolute Gasteiger partial charge is 0.306 e. The molecule has 0 aliphatic rings. The number of halogens is 2. The second-order valence-corrected chi connectivity index (χ2v) is 5.02.